The standard InChI is InChI=1S/C15H14Cl2N2O/c1-9-5-10(2)7-12(6-9)18-15(20)19-14-4-3-11(16)8-13(14)17/h3-8H,1-2H3,(H2,18,19,20). The van der Waals surface area contributed by atoms with Crippen molar-refractivity contribution in [1.82, 2.24) is 0 Å². The molecular weight excluding hydrogens is 295 g/mol. The van der Waals surface area contributed by atoms with E-state index in [1.54, 1.807) is 18.2 Å². The Hall–Kier alpha value is -1.71. The fourth-order valence-corrected chi connectivity index (χ4v) is 2.38. The van der Waals surface area contributed by atoms with E-state index in [1.807, 2.05) is 32.0 Å². The van der Waals surface area contributed by atoms with E-state index >= 15 is 0 Å². The molecule has 3 nitrogen and oxygen atoms in total. The lowest BCUT2D eigenvalue weighted by Crippen LogP contribution is -2.19. The highest BCUT2D eigenvalue weighted by atomic mass is 35.5. The van der Waals surface area contributed by atoms with Crippen molar-refractivity contribution in [2.45, 2.75) is 13.8 Å². The number of benzene rings is 2. The summed E-state index contributed by atoms with van der Waals surface area (Å²) < 4.78 is 0. The predicted octanol–water partition coefficient (Wildman–Crippen LogP) is 5.25. The molecule has 2 amide bonds. The molecule has 0 aliphatic heterocycles. The van der Waals surface area contributed by atoms with E-state index in [9.17, 15) is 4.79 Å². The predicted molar refractivity (Wildman–Crippen MR) is 85.0 cm³/mol. The third kappa shape index (κ3) is 3.89. The molecule has 20 heavy (non-hydrogen) atoms. The summed E-state index contributed by atoms with van der Waals surface area (Å²) in [6.45, 7) is 3.96. The molecule has 0 unspecified atom stereocenters. The van der Waals surface area contributed by atoms with Crippen LogP contribution < -0.4 is 10.6 Å². The first-order chi connectivity index (χ1) is 9.44. The Balaban J connectivity index is 2.09. The second-order valence-corrected chi connectivity index (χ2v) is 5.42. The highest BCUT2D eigenvalue weighted by Crippen LogP contribution is 2.25. The molecule has 0 aromatic heterocycles. The number of anilines is 2. The van der Waals surface area contributed by atoms with Gasteiger partial charge in [0.2, 0.25) is 0 Å². The van der Waals surface area contributed by atoms with Crippen LogP contribution in [0.4, 0.5) is 16.2 Å². The van der Waals surface area contributed by atoms with Crippen molar-refractivity contribution < 1.29 is 4.79 Å². The molecule has 104 valence electrons. The molecule has 5 heteroatoms. The molecule has 0 saturated heterocycles. The SMILES string of the molecule is Cc1cc(C)cc(NC(=O)Nc2ccc(Cl)cc2Cl)c1. The third-order valence-electron chi connectivity index (χ3n) is 2.66. The van der Waals surface area contributed by atoms with Crippen LogP contribution in [0.25, 0.3) is 0 Å². The maximum atomic E-state index is 11.9. The number of carbonyl (C=O) groups is 1. The minimum atomic E-state index is -0.348. The summed E-state index contributed by atoms with van der Waals surface area (Å²) >= 11 is 11.8. The van der Waals surface area contributed by atoms with Gasteiger partial charge in [0, 0.05) is 10.7 Å². The average Bonchev–Trinajstić information content (AvgIpc) is 2.31. The summed E-state index contributed by atoms with van der Waals surface area (Å²) in [5, 5.41) is 6.38. The molecule has 0 aliphatic carbocycles. The molecule has 2 N–H and O–H groups in total. The van der Waals surface area contributed by atoms with Gasteiger partial charge in [-0.2, -0.15) is 0 Å². The first-order valence-corrected chi connectivity index (χ1v) is 6.81. The molecule has 0 bridgehead atoms. The second kappa shape index (κ2) is 6.16. The van der Waals surface area contributed by atoms with E-state index < -0.39 is 0 Å². The number of urea groups is 1. The quantitative estimate of drug-likeness (QED) is 0.781. The number of hydrogen-bond acceptors (Lipinski definition) is 1. The van der Waals surface area contributed by atoms with Crippen LogP contribution >= 0.6 is 23.2 Å². The maximum Gasteiger partial charge on any atom is 0.323 e. The molecule has 2 aromatic carbocycles. The molecule has 2 aromatic rings. The summed E-state index contributed by atoms with van der Waals surface area (Å²) in [6.07, 6.45) is 0. The maximum absolute atomic E-state index is 11.9. The fourth-order valence-electron chi connectivity index (χ4n) is 1.92. The van der Waals surface area contributed by atoms with Crippen molar-refractivity contribution in [2.75, 3.05) is 10.6 Å². The van der Waals surface area contributed by atoms with Crippen molar-refractivity contribution in [3.05, 3.63) is 57.6 Å². The van der Waals surface area contributed by atoms with E-state index in [0.29, 0.717) is 15.7 Å². The molecule has 0 fully saturated rings. The highest BCUT2D eigenvalue weighted by Gasteiger charge is 2.07. The minimum Gasteiger partial charge on any atom is -0.308 e. The molecular formula is C15H14Cl2N2O. The summed E-state index contributed by atoms with van der Waals surface area (Å²) in [5.41, 5.74) is 3.43. The Morgan fingerprint density at radius 2 is 1.60 bits per heavy atom. The van der Waals surface area contributed by atoms with Gasteiger partial charge in [-0.15, -0.1) is 0 Å². The Bertz CT molecular complexity index is 636. The van der Waals surface area contributed by atoms with Gasteiger partial charge in [0.05, 0.1) is 10.7 Å². The van der Waals surface area contributed by atoms with Crippen molar-refractivity contribution in [1.29, 1.82) is 0 Å². The zero-order chi connectivity index (χ0) is 14.7. The van der Waals surface area contributed by atoms with Crippen LogP contribution in [-0.4, -0.2) is 6.03 Å². The van der Waals surface area contributed by atoms with Crippen molar-refractivity contribution in [2.24, 2.45) is 0 Å². The topological polar surface area (TPSA) is 41.1 Å². The molecule has 0 atom stereocenters. The third-order valence-corrected chi connectivity index (χ3v) is 3.21. The first-order valence-electron chi connectivity index (χ1n) is 6.05. The van der Waals surface area contributed by atoms with Gasteiger partial charge in [0.25, 0.3) is 0 Å². The van der Waals surface area contributed by atoms with Crippen LogP contribution in [0.5, 0.6) is 0 Å². The van der Waals surface area contributed by atoms with Crippen molar-refractivity contribution in [3.63, 3.8) is 0 Å². The van der Waals surface area contributed by atoms with E-state index in [0.717, 1.165) is 16.8 Å². The molecule has 0 spiro atoms. The number of rotatable bonds is 2. The summed E-state index contributed by atoms with van der Waals surface area (Å²) in [4.78, 5) is 11.9. The fraction of sp³-hybridized carbons (Fsp3) is 0.133. The molecule has 0 saturated carbocycles. The summed E-state index contributed by atoms with van der Waals surface area (Å²) in [5.74, 6) is 0. The van der Waals surface area contributed by atoms with Crippen LogP contribution in [0.2, 0.25) is 10.0 Å². The van der Waals surface area contributed by atoms with Gasteiger partial charge in [-0.05, 0) is 55.3 Å². The second-order valence-electron chi connectivity index (χ2n) is 4.58. The largest absolute Gasteiger partial charge is 0.323 e. The molecule has 0 heterocycles. The van der Waals surface area contributed by atoms with Gasteiger partial charge in [-0.1, -0.05) is 29.3 Å². The van der Waals surface area contributed by atoms with Crippen LogP contribution in [0.15, 0.2) is 36.4 Å². The van der Waals surface area contributed by atoms with E-state index in [1.165, 1.54) is 0 Å². The lowest BCUT2D eigenvalue weighted by molar-refractivity contribution is 0.262. The number of amides is 2. The zero-order valence-electron chi connectivity index (χ0n) is 11.1. The number of aryl methyl sites for hydroxylation is 2. The van der Waals surface area contributed by atoms with Crippen LogP contribution in [0.3, 0.4) is 0 Å². The van der Waals surface area contributed by atoms with Gasteiger partial charge < -0.3 is 10.6 Å². The summed E-state index contributed by atoms with van der Waals surface area (Å²) in [7, 11) is 0. The van der Waals surface area contributed by atoms with Gasteiger partial charge in [0.15, 0.2) is 0 Å². The minimum absolute atomic E-state index is 0.348. The zero-order valence-corrected chi connectivity index (χ0v) is 12.6. The van der Waals surface area contributed by atoms with E-state index in [-0.39, 0.29) is 6.03 Å². The number of carbonyl (C=O) groups excluding carboxylic acids is 1. The molecule has 0 aliphatic rings. The Morgan fingerprint density at radius 1 is 0.950 bits per heavy atom. The van der Waals surface area contributed by atoms with Crippen LogP contribution in [0, 0.1) is 13.8 Å². The van der Waals surface area contributed by atoms with Crippen LogP contribution in [0.1, 0.15) is 11.1 Å². The highest BCUT2D eigenvalue weighted by molar-refractivity contribution is 6.36. The van der Waals surface area contributed by atoms with Crippen molar-refractivity contribution in [3.8, 4) is 0 Å². The number of hydrogen-bond donors (Lipinski definition) is 2. The normalized spacial score (nSPS) is 10.2. The van der Waals surface area contributed by atoms with Gasteiger partial charge in [-0.3, -0.25) is 0 Å². The van der Waals surface area contributed by atoms with Gasteiger partial charge in [0.1, 0.15) is 0 Å². The Morgan fingerprint density at radius 3 is 2.20 bits per heavy atom. The lowest BCUT2D eigenvalue weighted by Gasteiger charge is -2.10. The first kappa shape index (κ1) is 14.7. The monoisotopic (exact) mass is 308 g/mol. The van der Waals surface area contributed by atoms with Crippen LogP contribution in [-0.2, 0) is 0 Å². The Kier molecular flexibility index (Phi) is 4.53. The molecule has 0 radical (unpaired) electrons. The van der Waals surface area contributed by atoms with E-state index in [2.05, 4.69) is 10.6 Å². The smallest absolute Gasteiger partial charge is 0.308 e. The van der Waals surface area contributed by atoms with Gasteiger partial charge in [-0.25, -0.2) is 4.79 Å². The summed E-state index contributed by atoms with van der Waals surface area (Å²) in [6, 6.07) is 10.4. The number of halogens is 2. The molecule has 2 rings (SSSR count). The lowest BCUT2D eigenvalue weighted by atomic mass is 10.1. The number of nitrogens with one attached hydrogen (secondary N) is 2. The van der Waals surface area contributed by atoms with E-state index in [4.69, 9.17) is 23.2 Å². The van der Waals surface area contributed by atoms with Crippen molar-refractivity contribution >= 4 is 40.6 Å². The Labute approximate surface area is 127 Å². The average molecular weight is 309 g/mol. The van der Waals surface area contributed by atoms with Gasteiger partial charge >= 0.3 is 6.03 Å².